The Labute approximate surface area is 131 Å². The Morgan fingerprint density at radius 2 is 1.81 bits per heavy atom. The Kier molecular flexibility index (Phi) is 6.97. The van der Waals surface area contributed by atoms with E-state index in [0.717, 1.165) is 38.3 Å². The molecule has 2 fully saturated rings. The molecule has 0 atom stereocenters. The second kappa shape index (κ2) is 8.50. The van der Waals surface area contributed by atoms with E-state index in [2.05, 4.69) is 31.1 Å². The molecule has 1 saturated carbocycles. The monoisotopic (exact) mass is 296 g/mol. The molecule has 21 heavy (non-hydrogen) atoms. The minimum atomic E-state index is 0.430. The highest BCUT2D eigenvalue weighted by Gasteiger charge is 2.35. The summed E-state index contributed by atoms with van der Waals surface area (Å²) in [6.45, 7) is 10.0. The maximum atomic E-state index is 5.63. The van der Waals surface area contributed by atoms with Crippen molar-refractivity contribution in [2.75, 3.05) is 39.9 Å². The Balaban J connectivity index is 1.88. The maximum absolute atomic E-state index is 5.63. The molecule has 0 unspecified atom stereocenters. The molecule has 0 radical (unpaired) electrons. The molecule has 0 amide bonds. The van der Waals surface area contributed by atoms with Crippen LogP contribution in [-0.2, 0) is 4.74 Å². The predicted molar refractivity (Wildman–Crippen MR) is 89.7 cm³/mol. The highest BCUT2D eigenvalue weighted by molar-refractivity contribution is 4.89. The van der Waals surface area contributed by atoms with Crippen LogP contribution in [0.3, 0.4) is 0 Å². The van der Waals surface area contributed by atoms with E-state index in [0.29, 0.717) is 5.41 Å². The molecule has 0 aromatic rings. The molecule has 1 aliphatic carbocycles. The van der Waals surface area contributed by atoms with Crippen LogP contribution in [0.5, 0.6) is 0 Å². The average Bonchev–Trinajstić information content (AvgIpc) is 2.48. The summed E-state index contributed by atoms with van der Waals surface area (Å²) in [6, 6.07) is 0.823. The quantitative estimate of drug-likeness (QED) is 0.780. The van der Waals surface area contributed by atoms with Crippen molar-refractivity contribution in [2.24, 2.45) is 11.3 Å². The van der Waals surface area contributed by atoms with Crippen LogP contribution in [0.4, 0.5) is 0 Å². The number of hydrogen-bond acceptors (Lipinski definition) is 3. The summed E-state index contributed by atoms with van der Waals surface area (Å²) in [7, 11) is 2.36. The Morgan fingerprint density at radius 1 is 1.14 bits per heavy atom. The standard InChI is InChI=1S/C18H36N2O/c1-16(2)13-19-14-18(9-11-21-12-10-18)15-20(3)17-7-5-4-6-8-17/h16-17,19H,4-15H2,1-3H3. The largest absolute Gasteiger partial charge is 0.381 e. The first-order chi connectivity index (χ1) is 10.1. The molecule has 3 nitrogen and oxygen atoms in total. The summed E-state index contributed by atoms with van der Waals surface area (Å²) < 4.78 is 5.63. The maximum Gasteiger partial charge on any atom is 0.0472 e. The lowest BCUT2D eigenvalue weighted by molar-refractivity contribution is -0.00947. The van der Waals surface area contributed by atoms with Gasteiger partial charge < -0.3 is 15.0 Å². The number of nitrogens with zero attached hydrogens (tertiary/aromatic N) is 1. The first-order valence-corrected chi connectivity index (χ1v) is 9.10. The van der Waals surface area contributed by atoms with Gasteiger partial charge in [-0.05, 0) is 50.6 Å². The predicted octanol–water partition coefficient (Wildman–Crippen LogP) is 3.29. The molecule has 2 rings (SSSR count). The van der Waals surface area contributed by atoms with Gasteiger partial charge in [-0.2, -0.15) is 0 Å². The van der Waals surface area contributed by atoms with Crippen molar-refractivity contribution in [1.82, 2.24) is 10.2 Å². The van der Waals surface area contributed by atoms with Crippen molar-refractivity contribution in [1.29, 1.82) is 0 Å². The lowest BCUT2D eigenvalue weighted by atomic mass is 9.78. The number of rotatable bonds is 7. The molecule has 0 bridgehead atoms. The second-order valence-electron chi connectivity index (χ2n) is 7.84. The van der Waals surface area contributed by atoms with Gasteiger partial charge in [0.2, 0.25) is 0 Å². The minimum absolute atomic E-state index is 0.430. The van der Waals surface area contributed by atoms with E-state index in [1.807, 2.05) is 0 Å². The van der Waals surface area contributed by atoms with Gasteiger partial charge in [0.15, 0.2) is 0 Å². The van der Waals surface area contributed by atoms with Crippen LogP contribution < -0.4 is 5.32 Å². The fourth-order valence-corrected chi connectivity index (χ4v) is 4.00. The average molecular weight is 296 g/mol. The van der Waals surface area contributed by atoms with E-state index in [1.54, 1.807) is 0 Å². The van der Waals surface area contributed by atoms with Gasteiger partial charge in [0.05, 0.1) is 0 Å². The fraction of sp³-hybridized carbons (Fsp3) is 1.00. The second-order valence-corrected chi connectivity index (χ2v) is 7.84. The van der Waals surface area contributed by atoms with Crippen LogP contribution in [0.15, 0.2) is 0 Å². The van der Waals surface area contributed by atoms with Crippen molar-refractivity contribution >= 4 is 0 Å². The molecule has 1 aliphatic heterocycles. The SMILES string of the molecule is CC(C)CNCC1(CN(C)C2CCCCC2)CCOCC1. The van der Waals surface area contributed by atoms with Crippen molar-refractivity contribution in [2.45, 2.75) is 64.8 Å². The van der Waals surface area contributed by atoms with Crippen LogP contribution in [0.25, 0.3) is 0 Å². The lowest BCUT2D eigenvalue weighted by Gasteiger charge is -2.43. The van der Waals surface area contributed by atoms with Crippen molar-refractivity contribution in [3.63, 3.8) is 0 Å². The van der Waals surface area contributed by atoms with Gasteiger partial charge in [0.1, 0.15) is 0 Å². The van der Waals surface area contributed by atoms with Gasteiger partial charge in [0.25, 0.3) is 0 Å². The van der Waals surface area contributed by atoms with Gasteiger partial charge in [-0.15, -0.1) is 0 Å². The van der Waals surface area contributed by atoms with E-state index < -0.39 is 0 Å². The molecule has 124 valence electrons. The Hall–Kier alpha value is -0.120. The number of ether oxygens (including phenoxy) is 1. The van der Waals surface area contributed by atoms with Crippen molar-refractivity contribution in [3.05, 3.63) is 0 Å². The molecular weight excluding hydrogens is 260 g/mol. The van der Waals surface area contributed by atoms with E-state index in [9.17, 15) is 0 Å². The topological polar surface area (TPSA) is 24.5 Å². The van der Waals surface area contributed by atoms with E-state index in [-0.39, 0.29) is 0 Å². The fourth-order valence-electron chi connectivity index (χ4n) is 4.00. The molecular formula is C18H36N2O. The summed E-state index contributed by atoms with van der Waals surface area (Å²) in [5.74, 6) is 0.734. The van der Waals surface area contributed by atoms with Gasteiger partial charge in [-0.3, -0.25) is 0 Å². The van der Waals surface area contributed by atoms with Crippen LogP contribution in [0, 0.1) is 11.3 Å². The zero-order valence-electron chi connectivity index (χ0n) is 14.5. The first-order valence-electron chi connectivity index (χ1n) is 9.10. The summed E-state index contributed by atoms with van der Waals surface area (Å²) in [4.78, 5) is 2.67. The number of nitrogens with one attached hydrogen (secondary N) is 1. The highest BCUT2D eigenvalue weighted by atomic mass is 16.5. The Bertz CT molecular complexity index is 281. The van der Waals surface area contributed by atoms with E-state index in [1.165, 1.54) is 51.5 Å². The molecule has 1 heterocycles. The summed E-state index contributed by atoms with van der Waals surface area (Å²) in [5.41, 5.74) is 0.430. The molecule has 2 aliphatic rings. The molecule has 3 heteroatoms. The van der Waals surface area contributed by atoms with Crippen LogP contribution in [0.2, 0.25) is 0 Å². The summed E-state index contributed by atoms with van der Waals surface area (Å²) in [5, 5.41) is 3.72. The van der Waals surface area contributed by atoms with Gasteiger partial charge in [-0.25, -0.2) is 0 Å². The van der Waals surface area contributed by atoms with Gasteiger partial charge in [-0.1, -0.05) is 33.1 Å². The molecule has 0 aromatic carbocycles. The highest BCUT2D eigenvalue weighted by Crippen LogP contribution is 2.33. The Morgan fingerprint density at radius 3 is 2.43 bits per heavy atom. The van der Waals surface area contributed by atoms with Gasteiger partial charge >= 0.3 is 0 Å². The molecule has 0 spiro atoms. The van der Waals surface area contributed by atoms with Crippen LogP contribution >= 0.6 is 0 Å². The van der Waals surface area contributed by atoms with Crippen molar-refractivity contribution in [3.8, 4) is 0 Å². The third kappa shape index (κ3) is 5.54. The molecule has 0 aromatic heterocycles. The summed E-state index contributed by atoms with van der Waals surface area (Å²) in [6.07, 6.45) is 9.54. The zero-order valence-corrected chi connectivity index (χ0v) is 14.5. The lowest BCUT2D eigenvalue weighted by Crippen LogP contribution is -2.49. The zero-order chi connectivity index (χ0) is 15.1. The van der Waals surface area contributed by atoms with Crippen LogP contribution in [-0.4, -0.2) is 50.8 Å². The smallest absolute Gasteiger partial charge is 0.0472 e. The van der Waals surface area contributed by atoms with Crippen molar-refractivity contribution < 1.29 is 4.74 Å². The van der Waals surface area contributed by atoms with Crippen LogP contribution in [0.1, 0.15) is 58.8 Å². The first kappa shape index (κ1) is 17.2. The third-order valence-corrected chi connectivity index (χ3v) is 5.39. The van der Waals surface area contributed by atoms with E-state index in [4.69, 9.17) is 4.74 Å². The number of hydrogen-bond donors (Lipinski definition) is 1. The van der Waals surface area contributed by atoms with E-state index >= 15 is 0 Å². The minimum Gasteiger partial charge on any atom is -0.381 e. The summed E-state index contributed by atoms with van der Waals surface area (Å²) >= 11 is 0. The third-order valence-electron chi connectivity index (χ3n) is 5.39. The molecule has 1 saturated heterocycles. The normalized spacial score (nSPS) is 23.9. The molecule has 1 N–H and O–H groups in total. The van der Waals surface area contributed by atoms with Gasteiger partial charge in [0, 0.05) is 32.3 Å².